The fourth-order valence-corrected chi connectivity index (χ4v) is 3.44. The van der Waals surface area contributed by atoms with Gasteiger partial charge in [-0.3, -0.25) is 19.3 Å². The summed E-state index contributed by atoms with van der Waals surface area (Å²) in [5, 5.41) is 8.66. The van der Waals surface area contributed by atoms with E-state index in [2.05, 4.69) is 10.8 Å². The van der Waals surface area contributed by atoms with Crippen molar-refractivity contribution in [1.29, 1.82) is 5.26 Å². The maximum atomic E-state index is 12.5. The molecule has 1 aliphatic rings. The Bertz CT molecular complexity index is 1040. The maximum Gasteiger partial charge on any atom is 0.325 e. The number of carbonyl (C=O) groups is 3. The van der Waals surface area contributed by atoms with Gasteiger partial charge in [0.25, 0.3) is 11.1 Å². The molecule has 0 saturated carbocycles. The van der Waals surface area contributed by atoms with Crippen molar-refractivity contribution in [2.24, 2.45) is 0 Å². The molecule has 2 aromatic rings. The van der Waals surface area contributed by atoms with Crippen molar-refractivity contribution in [3.8, 4) is 11.8 Å². The molecule has 0 unspecified atom stereocenters. The van der Waals surface area contributed by atoms with Gasteiger partial charge in [0.2, 0.25) is 0 Å². The molecule has 0 aromatic heterocycles. The van der Waals surface area contributed by atoms with E-state index in [1.54, 1.807) is 48.5 Å². The number of hydrogen-bond acceptors (Lipinski definition) is 7. The first-order valence-electron chi connectivity index (χ1n) is 8.55. The van der Waals surface area contributed by atoms with Crippen LogP contribution in [-0.2, 0) is 20.9 Å². The van der Waals surface area contributed by atoms with Gasteiger partial charge < -0.3 is 9.47 Å². The number of methoxy groups -OCH3 is 1. The molecule has 0 aliphatic carbocycles. The van der Waals surface area contributed by atoms with E-state index in [0.29, 0.717) is 16.9 Å². The summed E-state index contributed by atoms with van der Waals surface area (Å²) in [6, 6.07) is 16.3. The predicted octanol–water partition coefficient (Wildman–Crippen LogP) is 3.35. The summed E-state index contributed by atoms with van der Waals surface area (Å²) in [7, 11) is 1.19. The lowest BCUT2D eigenvalue weighted by Gasteiger charge is -2.11. The summed E-state index contributed by atoms with van der Waals surface area (Å²) in [6.45, 7) is -0.250. The van der Waals surface area contributed by atoms with E-state index in [0.717, 1.165) is 22.2 Å². The lowest BCUT2D eigenvalue weighted by atomic mass is 10.1. The summed E-state index contributed by atoms with van der Waals surface area (Å²) in [6.07, 6.45) is 1.55. The molecule has 8 heteroatoms. The Kier molecular flexibility index (Phi) is 6.32. The number of ether oxygens (including phenoxy) is 2. The number of esters is 1. The molecule has 1 saturated heterocycles. The molecule has 0 bridgehead atoms. The second kappa shape index (κ2) is 9.08. The highest BCUT2D eigenvalue weighted by atomic mass is 32.2. The number of nitriles is 1. The van der Waals surface area contributed by atoms with Crippen LogP contribution in [0.15, 0.2) is 53.4 Å². The Morgan fingerprint density at radius 2 is 1.90 bits per heavy atom. The molecule has 0 atom stereocenters. The molecular formula is C21H16N2O5S. The van der Waals surface area contributed by atoms with Crippen molar-refractivity contribution < 1.29 is 23.9 Å². The number of thioether (sulfide) groups is 1. The van der Waals surface area contributed by atoms with Gasteiger partial charge in [-0.15, -0.1) is 0 Å². The lowest BCUT2D eigenvalue weighted by Crippen LogP contribution is -2.34. The van der Waals surface area contributed by atoms with Crippen LogP contribution in [0.4, 0.5) is 4.79 Å². The van der Waals surface area contributed by atoms with Crippen LogP contribution in [0.1, 0.15) is 16.7 Å². The lowest BCUT2D eigenvalue weighted by molar-refractivity contribution is -0.143. The molecule has 2 amide bonds. The van der Waals surface area contributed by atoms with Crippen LogP contribution in [0.3, 0.4) is 0 Å². The quantitative estimate of drug-likeness (QED) is 0.534. The smallest absolute Gasteiger partial charge is 0.325 e. The summed E-state index contributed by atoms with van der Waals surface area (Å²) in [5.41, 5.74) is 1.86. The van der Waals surface area contributed by atoms with Crippen molar-refractivity contribution in [3.05, 3.63) is 70.1 Å². The Labute approximate surface area is 171 Å². The van der Waals surface area contributed by atoms with Gasteiger partial charge in [-0.2, -0.15) is 5.26 Å². The third-order valence-corrected chi connectivity index (χ3v) is 5.02. The van der Waals surface area contributed by atoms with E-state index >= 15 is 0 Å². The SMILES string of the molecule is COC(=O)CN1C(=O)SC(=Cc2ccccc2OCc2ccccc2C#N)C1=O. The highest BCUT2D eigenvalue weighted by molar-refractivity contribution is 8.18. The Morgan fingerprint density at radius 1 is 1.17 bits per heavy atom. The van der Waals surface area contributed by atoms with Crippen molar-refractivity contribution in [2.75, 3.05) is 13.7 Å². The Morgan fingerprint density at radius 3 is 2.66 bits per heavy atom. The fraction of sp³-hybridized carbons (Fsp3) is 0.143. The van der Waals surface area contributed by atoms with E-state index in [4.69, 9.17) is 4.74 Å². The first-order valence-corrected chi connectivity index (χ1v) is 9.37. The van der Waals surface area contributed by atoms with E-state index in [1.807, 2.05) is 6.07 Å². The number of imide groups is 1. The monoisotopic (exact) mass is 408 g/mol. The average molecular weight is 408 g/mol. The van der Waals surface area contributed by atoms with Crippen LogP contribution in [0, 0.1) is 11.3 Å². The van der Waals surface area contributed by atoms with Crippen molar-refractivity contribution in [2.45, 2.75) is 6.61 Å². The minimum absolute atomic E-state index is 0.179. The summed E-state index contributed by atoms with van der Waals surface area (Å²) in [4.78, 5) is 37.0. The number of para-hydroxylation sites is 1. The van der Waals surface area contributed by atoms with E-state index in [1.165, 1.54) is 7.11 Å². The van der Waals surface area contributed by atoms with E-state index in [-0.39, 0.29) is 11.5 Å². The number of amides is 2. The van der Waals surface area contributed by atoms with E-state index < -0.39 is 23.7 Å². The molecule has 2 aromatic carbocycles. The second-order valence-electron chi connectivity index (χ2n) is 5.94. The molecule has 7 nitrogen and oxygen atoms in total. The van der Waals surface area contributed by atoms with Gasteiger partial charge in [-0.05, 0) is 30.0 Å². The largest absolute Gasteiger partial charge is 0.488 e. The molecule has 1 aliphatic heterocycles. The van der Waals surface area contributed by atoms with Gasteiger partial charge >= 0.3 is 5.97 Å². The number of rotatable bonds is 6. The first-order chi connectivity index (χ1) is 14.0. The number of hydrogen-bond donors (Lipinski definition) is 0. The van der Waals surface area contributed by atoms with Gasteiger partial charge in [0.05, 0.1) is 23.6 Å². The topological polar surface area (TPSA) is 96.7 Å². The highest BCUT2D eigenvalue weighted by Crippen LogP contribution is 2.34. The molecular weight excluding hydrogens is 392 g/mol. The van der Waals surface area contributed by atoms with Gasteiger partial charge in [-0.1, -0.05) is 36.4 Å². The van der Waals surface area contributed by atoms with Crippen LogP contribution < -0.4 is 4.74 Å². The van der Waals surface area contributed by atoms with Gasteiger partial charge in [-0.25, -0.2) is 0 Å². The molecule has 146 valence electrons. The van der Waals surface area contributed by atoms with Crippen LogP contribution in [0.25, 0.3) is 6.08 Å². The zero-order valence-corrected chi connectivity index (χ0v) is 16.3. The first kappa shape index (κ1) is 20.2. The summed E-state index contributed by atoms with van der Waals surface area (Å²) < 4.78 is 10.4. The van der Waals surface area contributed by atoms with Crippen molar-refractivity contribution in [3.63, 3.8) is 0 Å². The fourth-order valence-electron chi connectivity index (χ4n) is 2.61. The molecule has 0 spiro atoms. The molecule has 3 rings (SSSR count). The molecule has 1 fully saturated rings. The van der Waals surface area contributed by atoms with Gasteiger partial charge in [0.15, 0.2) is 0 Å². The van der Waals surface area contributed by atoms with Gasteiger partial charge in [0.1, 0.15) is 18.9 Å². The van der Waals surface area contributed by atoms with Crippen LogP contribution in [0.5, 0.6) is 5.75 Å². The minimum Gasteiger partial charge on any atom is -0.488 e. The third kappa shape index (κ3) is 4.65. The average Bonchev–Trinajstić information content (AvgIpc) is 3.00. The third-order valence-electron chi connectivity index (χ3n) is 4.12. The number of carbonyl (C=O) groups excluding carboxylic acids is 3. The molecule has 0 radical (unpaired) electrons. The van der Waals surface area contributed by atoms with Gasteiger partial charge in [0, 0.05) is 11.1 Å². The zero-order chi connectivity index (χ0) is 20.8. The second-order valence-corrected chi connectivity index (χ2v) is 6.93. The summed E-state index contributed by atoms with van der Waals surface area (Å²) >= 11 is 0.750. The predicted molar refractivity (Wildman–Crippen MR) is 107 cm³/mol. The molecule has 29 heavy (non-hydrogen) atoms. The Balaban J connectivity index is 1.80. The molecule has 0 N–H and O–H groups in total. The number of benzene rings is 2. The Hall–Kier alpha value is -3.57. The van der Waals surface area contributed by atoms with Crippen LogP contribution in [-0.4, -0.2) is 35.7 Å². The van der Waals surface area contributed by atoms with E-state index in [9.17, 15) is 19.6 Å². The maximum absolute atomic E-state index is 12.5. The normalized spacial score (nSPS) is 14.8. The van der Waals surface area contributed by atoms with Crippen LogP contribution in [0.2, 0.25) is 0 Å². The standard InChI is InChI=1S/C21H16N2O5S/c1-27-19(24)12-23-20(25)18(29-21(23)26)10-14-6-4-5-9-17(14)28-13-16-8-3-2-7-15(16)11-22/h2-10H,12-13H2,1H3. The van der Waals surface area contributed by atoms with Crippen molar-refractivity contribution >= 4 is 35.0 Å². The zero-order valence-electron chi connectivity index (χ0n) is 15.5. The highest BCUT2D eigenvalue weighted by Gasteiger charge is 2.36. The van der Waals surface area contributed by atoms with Crippen LogP contribution >= 0.6 is 11.8 Å². The number of nitrogens with zero attached hydrogens (tertiary/aromatic N) is 2. The van der Waals surface area contributed by atoms with Crippen molar-refractivity contribution in [1.82, 2.24) is 4.90 Å². The molecule has 1 heterocycles. The minimum atomic E-state index is -0.673. The summed E-state index contributed by atoms with van der Waals surface area (Å²) in [5.74, 6) is -0.733.